The number of phenols is 1. The minimum Gasteiger partial charge on any atom is -0.508 e. The van der Waals surface area contributed by atoms with Gasteiger partial charge in [0.15, 0.2) is 0 Å². The summed E-state index contributed by atoms with van der Waals surface area (Å²) in [7, 11) is 3.27. The Morgan fingerprint density at radius 3 is 2.48 bits per heavy atom. The van der Waals surface area contributed by atoms with Crippen LogP contribution < -0.4 is 18.9 Å². The standard InChI is InChI=1S/C36H44O8/c1-40-15-7-12-32-33(35(39)28-19-26(13-14-31(28)44-32)43-25-10-4-3-5-11-25)30-21-42-36-23(16-22-8-6-9-24(37)17-22)18-27(41-2)20-29(36)34(30)38/h6,8-9,13-14,17-20,25,30,32-35,37-39H,3-5,7,10-12,15-16,21H2,1-2H3/t30-,32-,33+,34+,35-/m0/s1. The van der Waals surface area contributed by atoms with Gasteiger partial charge < -0.3 is 39.0 Å². The van der Waals surface area contributed by atoms with Gasteiger partial charge in [-0.25, -0.2) is 0 Å². The first-order chi connectivity index (χ1) is 21.4. The molecule has 3 aliphatic rings. The maximum atomic E-state index is 12.0. The van der Waals surface area contributed by atoms with Crippen molar-refractivity contribution >= 4 is 0 Å². The molecule has 3 aromatic rings. The van der Waals surface area contributed by atoms with E-state index in [-0.39, 0.29) is 24.6 Å². The predicted molar refractivity (Wildman–Crippen MR) is 166 cm³/mol. The summed E-state index contributed by atoms with van der Waals surface area (Å²) in [5, 5.41) is 34.0. The summed E-state index contributed by atoms with van der Waals surface area (Å²) in [4.78, 5) is 0. The Hall–Kier alpha value is -3.46. The molecule has 0 amide bonds. The molecule has 0 bridgehead atoms. The van der Waals surface area contributed by atoms with Crippen molar-refractivity contribution in [2.45, 2.75) is 75.8 Å². The Bertz CT molecular complexity index is 1420. The first-order valence-electron chi connectivity index (χ1n) is 15.9. The molecule has 8 nitrogen and oxygen atoms in total. The molecule has 0 radical (unpaired) electrons. The van der Waals surface area contributed by atoms with Crippen molar-refractivity contribution in [1.82, 2.24) is 0 Å². The number of rotatable bonds is 10. The third-order valence-electron chi connectivity index (χ3n) is 9.41. The molecule has 0 spiro atoms. The highest BCUT2D eigenvalue weighted by Crippen LogP contribution is 2.51. The van der Waals surface area contributed by atoms with Crippen LogP contribution in [0.15, 0.2) is 54.6 Å². The van der Waals surface area contributed by atoms with Crippen LogP contribution in [0.4, 0.5) is 0 Å². The fourth-order valence-electron chi connectivity index (χ4n) is 7.19. The number of aromatic hydroxyl groups is 1. The second kappa shape index (κ2) is 13.7. The number of benzene rings is 3. The Kier molecular flexibility index (Phi) is 9.50. The van der Waals surface area contributed by atoms with Crippen molar-refractivity contribution in [2.75, 3.05) is 27.4 Å². The van der Waals surface area contributed by atoms with Gasteiger partial charge in [0.1, 0.15) is 34.9 Å². The molecule has 5 atom stereocenters. The van der Waals surface area contributed by atoms with Crippen LogP contribution >= 0.6 is 0 Å². The van der Waals surface area contributed by atoms with Crippen molar-refractivity contribution in [1.29, 1.82) is 0 Å². The first-order valence-corrected chi connectivity index (χ1v) is 15.9. The molecule has 44 heavy (non-hydrogen) atoms. The van der Waals surface area contributed by atoms with Gasteiger partial charge in [-0.2, -0.15) is 0 Å². The van der Waals surface area contributed by atoms with Crippen molar-refractivity contribution < 1.29 is 39.0 Å². The van der Waals surface area contributed by atoms with Crippen LogP contribution in [0.5, 0.6) is 28.7 Å². The second-order valence-corrected chi connectivity index (χ2v) is 12.4. The highest BCUT2D eigenvalue weighted by atomic mass is 16.5. The molecule has 236 valence electrons. The van der Waals surface area contributed by atoms with E-state index in [2.05, 4.69) is 0 Å². The molecule has 0 saturated heterocycles. The van der Waals surface area contributed by atoms with Gasteiger partial charge >= 0.3 is 0 Å². The minimum atomic E-state index is -0.923. The monoisotopic (exact) mass is 604 g/mol. The number of hydrogen-bond acceptors (Lipinski definition) is 8. The van der Waals surface area contributed by atoms with E-state index >= 15 is 0 Å². The Morgan fingerprint density at radius 1 is 0.886 bits per heavy atom. The largest absolute Gasteiger partial charge is 0.508 e. The highest BCUT2D eigenvalue weighted by Gasteiger charge is 2.47. The summed E-state index contributed by atoms with van der Waals surface area (Å²) in [6.07, 6.45) is 5.63. The summed E-state index contributed by atoms with van der Waals surface area (Å²) in [6.45, 7) is 0.791. The molecule has 1 aliphatic carbocycles. The zero-order chi connectivity index (χ0) is 30.6. The molecule has 6 rings (SSSR count). The van der Waals surface area contributed by atoms with Crippen LogP contribution in [-0.4, -0.2) is 55.0 Å². The fourth-order valence-corrected chi connectivity index (χ4v) is 7.19. The summed E-state index contributed by atoms with van der Waals surface area (Å²) >= 11 is 0. The van der Waals surface area contributed by atoms with Crippen molar-refractivity contribution in [3.05, 3.63) is 76.9 Å². The molecule has 0 unspecified atom stereocenters. The third-order valence-corrected chi connectivity index (χ3v) is 9.41. The average molecular weight is 605 g/mol. The molecule has 8 heteroatoms. The van der Waals surface area contributed by atoms with Crippen LogP contribution in [0.3, 0.4) is 0 Å². The minimum absolute atomic E-state index is 0.190. The van der Waals surface area contributed by atoms with E-state index < -0.39 is 24.0 Å². The van der Waals surface area contributed by atoms with Gasteiger partial charge in [0.2, 0.25) is 0 Å². The summed E-state index contributed by atoms with van der Waals surface area (Å²) in [6, 6.07) is 16.6. The van der Waals surface area contributed by atoms with Crippen molar-refractivity contribution in [3.63, 3.8) is 0 Å². The normalized spacial score (nSPS) is 24.9. The second-order valence-electron chi connectivity index (χ2n) is 12.4. The Labute approximate surface area is 259 Å². The number of phenolic OH excluding ortho intramolecular Hbond substituents is 1. The lowest BCUT2D eigenvalue weighted by molar-refractivity contribution is -0.0890. The van der Waals surface area contributed by atoms with E-state index in [1.165, 1.54) is 19.3 Å². The van der Waals surface area contributed by atoms with E-state index in [0.717, 1.165) is 36.1 Å². The van der Waals surface area contributed by atoms with Crippen molar-refractivity contribution in [3.8, 4) is 28.7 Å². The van der Waals surface area contributed by atoms with Gasteiger partial charge in [-0.15, -0.1) is 0 Å². The van der Waals surface area contributed by atoms with Crippen LogP contribution in [0.2, 0.25) is 0 Å². The number of aliphatic hydroxyl groups excluding tert-OH is 2. The van der Waals surface area contributed by atoms with Gasteiger partial charge in [-0.1, -0.05) is 18.6 Å². The molecule has 0 aromatic heterocycles. The van der Waals surface area contributed by atoms with Crippen molar-refractivity contribution in [2.24, 2.45) is 11.8 Å². The van der Waals surface area contributed by atoms with Gasteiger partial charge in [-0.3, -0.25) is 0 Å². The summed E-state index contributed by atoms with van der Waals surface area (Å²) in [5.74, 6) is 1.92. The van der Waals surface area contributed by atoms with Crippen LogP contribution in [0.1, 0.15) is 79.4 Å². The zero-order valence-corrected chi connectivity index (χ0v) is 25.6. The lowest BCUT2D eigenvalue weighted by Gasteiger charge is -2.45. The maximum Gasteiger partial charge on any atom is 0.128 e. The maximum absolute atomic E-state index is 12.0. The van der Waals surface area contributed by atoms with E-state index in [4.69, 9.17) is 23.7 Å². The molecular weight excluding hydrogens is 560 g/mol. The number of aliphatic hydroxyl groups is 2. The van der Waals surface area contributed by atoms with Gasteiger partial charge in [-0.05, 0) is 86.6 Å². The Morgan fingerprint density at radius 2 is 1.70 bits per heavy atom. The SMILES string of the molecule is COCCC[C@@H]1Oc2ccc(OC3CCCCC3)cc2[C@H](O)[C@@H]1[C@@H]1COc2c(Cc3cccc(O)c3)cc(OC)cc2[C@H]1O. The van der Waals surface area contributed by atoms with Gasteiger partial charge in [0, 0.05) is 48.7 Å². The molecule has 1 fully saturated rings. The summed E-state index contributed by atoms with van der Waals surface area (Å²) in [5.41, 5.74) is 3.07. The van der Waals surface area contributed by atoms with Gasteiger partial charge in [0.25, 0.3) is 0 Å². The molecule has 3 N–H and O–H groups in total. The molecule has 3 aromatic carbocycles. The smallest absolute Gasteiger partial charge is 0.128 e. The average Bonchev–Trinajstić information content (AvgIpc) is 3.03. The Balaban J connectivity index is 1.31. The van der Waals surface area contributed by atoms with E-state index in [1.807, 2.05) is 36.4 Å². The topological polar surface area (TPSA) is 107 Å². The molecular formula is C36H44O8. The quantitative estimate of drug-likeness (QED) is 0.232. The van der Waals surface area contributed by atoms with Crippen LogP contribution in [0.25, 0.3) is 0 Å². The lowest BCUT2D eigenvalue weighted by atomic mass is 9.72. The summed E-state index contributed by atoms with van der Waals surface area (Å²) < 4.78 is 30.3. The highest BCUT2D eigenvalue weighted by molar-refractivity contribution is 5.52. The predicted octanol–water partition coefficient (Wildman–Crippen LogP) is 6.28. The first kappa shape index (κ1) is 30.6. The third kappa shape index (κ3) is 6.48. The fraction of sp³-hybridized carbons (Fsp3) is 0.500. The molecule has 1 saturated carbocycles. The number of fused-ring (bicyclic) bond motifs is 2. The van der Waals surface area contributed by atoms with E-state index in [9.17, 15) is 15.3 Å². The zero-order valence-electron chi connectivity index (χ0n) is 25.6. The number of hydrogen-bond donors (Lipinski definition) is 3. The van der Waals surface area contributed by atoms with E-state index in [0.29, 0.717) is 47.8 Å². The van der Waals surface area contributed by atoms with E-state index in [1.54, 1.807) is 32.4 Å². The number of methoxy groups -OCH3 is 2. The number of ether oxygens (including phenoxy) is 5. The van der Waals surface area contributed by atoms with Gasteiger partial charge in [0.05, 0.1) is 32.0 Å². The lowest BCUT2D eigenvalue weighted by Crippen LogP contribution is -2.46. The molecule has 2 heterocycles. The van der Waals surface area contributed by atoms with Crippen LogP contribution in [-0.2, 0) is 11.2 Å². The van der Waals surface area contributed by atoms with Crippen LogP contribution in [0, 0.1) is 11.8 Å². The molecule has 2 aliphatic heterocycles.